The molecule has 1 aliphatic heterocycles. The van der Waals surface area contributed by atoms with E-state index >= 15 is 0 Å². The lowest BCUT2D eigenvalue weighted by molar-refractivity contribution is 0.215. The Kier molecular flexibility index (Phi) is 7.18. The molecule has 1 saturated heterocycles. The van der Waals surface area contributed by atoms with Crippen LogP contribution >= 0.6 is 0 Å². The highest BCUT2D eigenvalue weighted by Crippen LogP contribution is 2.26. The second kappa shape index (κ2) is 9.81. The maximum Gasteiger partial charge on any atom is 0.315 e. The molecule has 144 valence electrons. The highest BCUT2D eigenvalue weighted by molar-refractivity contribution is 5.74. The highest BCUT2D eigenvalue weighted by atomic mass is 16.5. The van der Waals surface area contributed by atoms with Crippen molar-refractivity contribution >= 4 is 6.03 Å². The van der Waals surface area contributed by atoms with Crippen LogP contribution in [0.25, 0.3) is 0 Å². The van der Waals surface area contributed by atoms with Gasteiger partial charge in [-0.15, -0.1) is 0 Å². The van der Waals surface area contributed by atoms with Gasteiger partial charge in [-0.2, -0.15) is 0 Å². The van der Waals surface area contributed by atoms with Gasteiger partial charge in [0, 0.05) is 12.6 Å². The van der Waals surface area contributed by atoms with E-state index in [2.05, 4.69) is 27.7 Å². The summed E-state index contributed by atoms with van der Waals surface area (Å²) in [7, 11) is 0. The van der Waals surface area contributed by atoms with E-state index in [1.165, 1.54) is 37.7 Å². The van der Waals surface area contributed by atoms with Crippen LogP contribution in [0.1, 0.15) is 63.5 Å². The highest BCUT2D eigenvalue weighted by Gasteiger charge is 2.24. The van der Waals surface area contributed by atoms with Crippen LogP contribution in [-0.2, 0) is 0 Å². The SMILES string of the molecule is CCOc1ccc(C(CNC(=O)NC2CCCCC2)N2CCCC2)cc1. The van der Waals surface area contributed by atoms with Crippen molar-refractivity contribution in [2.24, 2.45) is 0 Å². The van der Waals surface area contributed by atoms with E-state index in [4.69, 9.17) is 4.74 Å². The summed E-state index contributed by atoms with van der Waals surface area (Å²) in [5.41, 5.74) is 1.24. The van der Waals surface area contributed by atoms with E-state index < -0.39 is 0 Å². The van der Waals surface area contributed by atoms with E-state index in [1.54, 1.807) is 0 Å². The number of likely N-dealkylation sites (tertiary alicyclic amines) is 1. The van der Waals surface area contributed by atoms with Crippen LogP contribution in [0.4, 0.5) is 4.79 Å². The molecule has 1 aromatic carbocycles. The minimum Gasteiger partial charge on any atom is -0.494 e. The van der Waals surface area contributed by atoms with Crippen molar-refractivity contribution in [3.63, 3.8) is 0 Å². The van der Waals surface area contributed by atoms with Gasteiger partial charge in [-0.25, -0.2) is 4.79 Å². The van der Waals surface area contributed by atoms with E-state index in [0.717, 1.165) is 31.7 Å². The maximum atomic E-state index is 12.3. The van der Waals surface area contributed by atoms with Crippen LogP contribution < -0.4 is 15.4 Å². The Morgan fingerprint density at radius 3 is 2.46 bits per heavy atom. The third-order valence-electron chi connectivity index (χ3n) is 5.55. The average molecular weight is 360 g/mol. The van der Waals surface area contributed by atoms with Crippen molar-refractivity contribution in [3.05, 3.63) is 29.8 Å². The first-order chi connectivity index (χ1) is 12.8. The molecule has 1 saturated carbocycles. The van der Waals surface area contributed by atoms with Crippen molar-refractivity contribution in [2.75, 3.05) is 26.2 Å². The number of nitrogens with zero attached hydrogens (tertiary/aromatic N) is 1. The molecule has 1 unspecified atom stereocenters. The van der Waals surface area contributed by atoms with Gasteiger partial charge in [0.05, 0.1) is 12.6 Å². The molecule has 0 spiro atoms. The largest absolute Gasteiger partial charge is 0.494 e. The zero-order valence-electron chi connectivity index (χ0n) is 16.0. The third-order valence-corrected chi connectivity index (χ3v) is 5.55. The molecule has 2 fully saturated rings. The molecule has 5 nitrogen and oxygen atoms in total. The molecule has 1 aromatic rings. The van der Waals surface area contributed by atoms with Crippen molar-refractivity contribution in [1.82, 2.24) is 15.5 Å². The molecule has 1 aliphatic carbocycles. The Morgan fingerprint density at radius 2 is 1.81 bits per heavy atom. The first-order valence-corrected chi connectivity index (χ1v) is 10.3. The average Bonchev–Trinajstić information content (AvgIpc) is 3.19. The molecule has 2 aliphatic rings. The number of carbonyl (C=O) groups excluding carboxylic acids is 1. The molecule has 1 atom stereocenters. The monoisotopic (exact) mass is 359 g/mol. The molecule has 2 N–H and O–H groups in total. The van der Waals surface area contributed by atoms with Gasteiger partial charge < -0.3 is 15.4 Å². The lowest BCUT2D eigenvalue weighted by Gasteiger charge is -2.29. The van der Waals surface area contributed by atoms with Crippen LogP contribution in [0, 0.1) is 0 Å². The molecule has 0 bridgehead atoms. The summed E-state index contributed by atoms with van der Waals surface area (Å²) < 4.78 is 5.56. The number of amides is 2. The zero-order valence-corrected chi connectivity index (χ0v) is 16.0. The van der Waals surface area contributed by atoms with Gasteiger partial charge in [0.15, 0.2) is 0 Å². The Labute approximate surface area is 157 Å². The van der Waals surface area contributed by atoms with Crippen molar-refractivity contribution < 1.29 is 9.53 Å². The number of benzene rings is 1. The quantitative estimate of drug-likeness (QED) is 0.777. The van der Waals surface area contributed by atoms with Crippen LogP contribution in [0.2, 0.25) is 0 Å². The predicted molar refractivity (Wildman–Crippen MR) is 105 cm³/mol. The standard InChI is InChI=1S/C21H33N3O2/c1-2-26-19-12-10-17(11-13-19)20(24-14-6-7-15-24)16-22-21(25)23-18-8-4-3-5-9-18/h10-13,18,20H,2-9,14-16H2,1H3,(H2,22,23,25). The summed E-state index contributed by atoms with van der Waals surface area (Å²) in [4.78, 5) is 14.8. The van der Waals surface area contributed by atoms with Crippen molar-refractivity contribution in [1.29, 1.82) is 0 Å². The van der Waals surface area contributed by atoms with Crippen LogP contribution in [0.5, 0.6) is 5.75 Å². The minimum absolute atomic E-state index is 0.0213. The Hall–Kier alpha value is -1.75. The van der Waals surface area contributed by atoms with Gasteiger partial charge in [-0.05, 0) is 63.4 Å². The van der Waals surface area contributed by atoms with E-state index in [0.29, 0.717) is 19.2 Å². The molecular formula is C21H33N3O2. The second-order valence-electron chi connectivity index (χ2n) is 7.45. The fourth-order valence-electron chi connectivity index (χ4n) is 4.14. The van der Waals surface area contributed by atoms with Crippen LogP contribution in [0.3, 0.4) is 0 Å². The summed E-state index contributed by atoms with van der Waals surface area (Å²) in [5.74, 6) is 0.902. The van der Waals surface area contributed by atoms with Gasteiger partial charge in [0.2, 0.25) is 0 Å². The van der Waals surface area contributed by atoms with Crippen molar-refractivity contribution in [3.8, 4) is 5.75 Å². The number of ether oxygens (including phenoxy) is 1. The first-order valence-electron chi connectivity index (χ1n) is 10.3. The Balaban J connectivity index is 1.58. The molecule has 3 rings (SSSR count). The van der Waals surface area contributed by atoms with Gasteiger partial charge in [0.1, 0.15) is 5.75 Å². The van der Waals surface area contributed by atoms with Crippen LogP contribution in [-0.4, -0.2) is 43.2 Å². The van der Waals surface area contributed by atoms with Crippen molar-refractivity contribution in [2.45, 2.75) is 64.0 Å². The summed E-state index contributed by atoms with van der Waals surface area (Å²) >= 11 is 0. The molecule has 5 heteroatoms. The summed E-state index contributed by atoms with van der Waals surface area (Å²) in [6.07, 6.45) is 8.46. The number of hydrogen-bond acceptors (Lipinski definition) is 3. The molecule has 26 heavy (non-hydrogen) atoms. The third kappa shape index (κ3) is 5.37. The van der Waals surface area contributed by atoms with Gasteiger partial charge >= 0.3 is 6.03 Å². The summed E-state index contributed by atoms with van der Waals surface area (Å²) in [5, 5.41) is 6.28. The smallest absolute Gasteiger partial charge is 0.315 e. The zero-order chi connectivity index (χ0) is 18.2. The number of carbonyl (C=O) groups is 1. The molecule has 0 radical (unpaired) electrons. The lowest BCUT2D eigenvalue weighted by atomic mass is 9.96. The minimum atomic E-state index is -0.0213. The molecule has 1 heterocycles. The van der Waals surface area contributed by atoms with Crippen LogP contribution in [0.15, 0.2) is 24.3 Å². The second-order valence-corrected chi connectivity index (χ2v) is 7.45. The molecule has 0 aromatic heterocycles. The maximum absolute atomic E-state index is 12.3. The first kappa shape index (κ1) is 19.0. The van der Waals surface area contributed by atoms with Gasteiger partial charge in [-0.1, -0.05) is 31.4 Å². The summed E-state index contributed by atoms with van der Waals surface area (Å²) in [6.45, 7) is 5.52. The predicted octanol–water partition coefficient (Wildman–Crippen LogP) is 3.85. The number of nitrogens with one attached hydrogen (secondary N) is 2. The van der Waals surface area contributed by atoms with E-state index in [1.807, 2.05) is 19.1 Å². The molecule has 2 amide bonds. The van der Waals surface area contributed by atoms with Gasteiger partial charge in [0.25, 0.3) is 0 Å². The fraction of sp³-hybridized carbons (Fsp3) is 0.667. The van der Waals surface area contributed by atoms with E-state index in [9.17, 15) is 4.79 Å². The topological polar surface area (TPSA) is 53.6 Å². The summed E-state index contributed by atoms with van der Waals surface area (Å²) in [6, 6.07) is 8.88. The lowest BCUT2D eigenvalue weighted by Crippen LogP contribution is -2.45. The number of urea groups is 1. The Bertz CT molecular complexity index is 549. The number of hydrogen-bond donors (Lipinski definition) is 2. The normalized spacial score (nSPS) is 19.9. The Morgan fingerprint density at radius 1 is 1.12 bits per heavy atom. The molecular weight excluding hydrogens is 326 g/mol. The number of rotatable bonds is 7. The van der Waals surface area contributed by atoms with E-state index in [-0.39, 0.29) is 12.1 Å². The van der Waals surface area contributed by atoms with Gasteiger partial charge in [-0.3, -0.25) is 4.90 Å². The fourth-order valence-corrected chi connectivity index (χ4v) is 4.14.